The molecule has 0 radical (unpaired) electrons. The fourth-order valence-electron chi connectivity index (χ4n) is 2.51. The number of carbonyl (C=O) groups excluding carboxylic acids is 1. The Morgan fingerprint density at radius 1 is 1.27 bits per heavy atom. The molecule has 7 heteroatoms. The average molecular weight is 327 g/mol. The van der Waals surface area contributed by atoms with E-state index in [1.807, 2.05) is 18.2 Å². The number of hydrogen-bond acceptors (Lipinski definition) is 5. The van der Waals surface area contributed by atoms with Gasteiger partial charge in [-0.1, -0.05) is 6.07 Å². The van der Waals surface area contributed by atoms with Crippen molar-refractivity contribution in [3.05, 3.63) is 23.8 Å². The molecular weight excluding hydrogens is 306 g/mol. The van der Waals surface area contributed by atoms with Crippen molar-refractivity contribution in [2.24, 2.45) is 5.92 Å². The van der Waals surface area contributed by atoms with Crippen LogP contribution in [0, 0.1) is 5.92 Å². The van der Waals surface area contributed by atoms with E-state index < -0.39 is 15.8 Å². The minimum atomic E-state index is -3.03. The summed E-state index contributed by atoms with van der Waals surface area (Å²) in [5.74, 6) is 0.798. The van der Waals surface area contributed by atoms with Crippen LogP contribution in [0.5, 0.6) is 11.5 Å². The zero-order valence-electron chi connectivity index (χ0n) is 12.8. The summed E-state index contributed by atoms with van der Waals surface area (Å²) in [4.78, 5) is 11.9. The second-order valence-electron chi connectivity index (χ2n) is 5.33. The van der Waals surface area contributed by atoms with E-state index in [9.17, 15) is 13.2 Å². The summed E-state index contributed by atoms with van der Waals surface area (Å²) in [5, 5.41) is 2.80. The normalized spacial score (nSPS) is 19.6. The molecule has 0 spiro atoms. The molecule has 1 unspecified atom stereocenters. The molecule has 1 atom stereocenters. The van der Waals surface area contributed by atoms with Gasteiger partial charge in [-0.05, 0) is 30.5 Å². The van der Waals surface area contributed by atoms with Gasteiger partial charge in [-0.3, -0.25) is 4.79 Å². The van der Waals surface area contributed by atoms with Gasteiger partial charge in [-0.2, -0.15) is 0 Å². The van der Waals surface area contributed by atoms with Crippen molar-refractivity contribution in [2.45, 2.75) is 12.8 Å². The van der Waals surface area contributed by atoms with Gasteiger partial charge in [0.05, 0.1) is 31.6 Å². The lowest BCUT2D eigenvalue weighted by atomic mass is 10.1. The highest BCUT2D eigenvalue weighted by atomic mass is 32.2. The highest BCUT2D eigenvalue weighted by molar-refractivity contribution is 7.91. The lowest BCUT2D eigenvalue weighted by Crippen LogP contribution is -2.32. The van der Waals surface area contributed by atoms with Gasteiger partial charge in [-0.15, -0.1) is 0 Å². The summed E-state index contributed by atoms with van der Waals surface area (Å²) in [5.41, 5.74) is 1.01. The lowest BCUT2D eigenvalue weighted by Gasteiger charge is -2.11. The van der Waals surface area contributed by atoms with Gasteiger partial charge in [0.2, 0.25) is 5.91 Å². The van der Waals surface area contributed by atoms with E-state index in [0.717, 1.165) is 5.56 Å². The van der Waals surface area contributed by atoms with Crippen molar-refractivity contribution in [1.82, 2.24) is 5.32 Å². The molecule has 1 saturated heterocycles. The first-order valence-corrected chi connectivity index (χ1v) is 8.96. The Bertz CT molecular complexity index is 641. The molecule has 1 heterocycles. The van der Waals surface area contributed by atoms with Gasteiger partial charge in [-0.25, -0.2) is 8.42 Å². The van der Waals surface area contributed by atoms with Crippen LogP contribution in [0.25, 0.3) is 0 Å². The van der Waals surface area contributed by atoms with E-state index in [1.54, 1.807) is 14.2 Å². The fourth-order valence-corrected chi connectivity index (χ4v) is 4.25. The van der Waals surface area contributed by atoms with Crippen LogP contribution in [-0.2, 0) is 21.1 Å². The maximum absolute atomic E-state index is 11.9. The van der Waals surface area contributed by atoms with E-state index >= 15 is 0 Å². The Hall–Kier alpha value is -1.76. The van der Waals surface area contributed by atoms with E-state index in [-0.39, 0.29) is 17.4 Å². The third kappa shape index (κ3) is 4.13. The molecule has 1 fully saturated rings. The Morgan fingerprint density at radius 2 is 2.00 bits per heavy atom. The third-order valence-electron chi connectivity index (χ3n) is 3.76. The zero-order chi connectivity index (χ0) is 16.2. The number of methoxy groups -OCH3 is 2. The second kappa shape index (κ2) is 7.00. The van der Waals surface area contributed by atoms with E-state index in [2.05, 4.69) is 5.32 Å². The Kier molecular flexibility index (Phi) is 5.28. The van der Waals surface area contributed by atoms with E-state index in [1.165, 1.54) is 0 Å². The van der Waals surface area contributed by atoms with Gasteiger partial charge in [0, 0.05) is 6.54 Å². The SMILES string of the molecule is COc1ccc(CCNC(=O)C2CCS(=O)(=O)C2)cc1OC. The molecule has 1 N–H and O–H groups in total. The molecule has 1 amide bonds. The Balaban J connectivity index is 1.85. The molecule has 122 valence electrons. The molecule has 0 aromatic heterocycles. The minimum absolute atomic E-state index is 0.0325. The van der Waals surface area contributed by atoms with Crippen LogP contribution in [-0.4, -0.2) is 46.6 Å². The minimum Gasteiger partial charge on any atom is -0.493 e. The molecule has 1 aromatic rings. The molecule has 6 nitrogen and oxygen atoms in total. The smallest absolute Gasteiger partial charge is 0.224 e. The number of ether oxygens (including phenoxy) is 2. The number of amides is 1. The zero-order valence-corrected chi connectivity index (χ0v) is 13.6. The molecule has 2 rings (SSSR count). The van der Waals surface area contributed by atoms with Crippen LogP contribution in [0.1, 0.15) is 12.0 Å². The van der Waals surface area contributed by atoms with Crippen LogP contribution < -0.4 is 14.8 Å². The predicted molar refractivity (Wildman–Crippen MR) is 83.0 cm³/mol. The predicted octanol–water partition coefficient (Wildman–Crippen LogP) is 0.797. The summed E-state index contributed by atoms with van der Waals surface area (Å²) in [6.45, 7) is 0.463. The van der Waals surface area contributed by atoms with Crippen molar-refractivity contribution in [3.8, 4) is 11.5 Å². The first kappa shape index (κ1) is 16.6. The summed E-state index contributed by atoms with van der Waals surface area (Å²) in [6, 6.07) is 5.60. The first-order valence-electron chi connectivity index (χ1n) is 7.14. The van der Waals surface area contributed by atoms with Crippen molar-refractivity contribution in [3.63, 3.8) is 0 Å². The Morgan fingerprint density at radius 3 is 2.59 bits per heavy atom. The Labute approximate surface area is 130 Å². The van der Waals surface area contributed by atoms with Crippen molar-refractivity contribution in [1.29, 1.82) is 0 Å². The van der Waals surface area contributed by atoms with Crippen LogP contribution in [0.15, 0.2) is 18.2 Å². The highest BCUT2D eigenvalue weighted by Crippen LogP contribution is 2.27. The van der Waals surface area contributed by atoms with Gasteiger partial charge >= 0.3 is 0 Å². The van der Waals surface area contributed by atoms with Crippen LogP contribution in [0.4, 0.5) is 0 Å². The molecule has 1 aliphatic heterocycles. The maximum atomic E-state index is 11.9. The molecule has 1 aromatic carbocycles. The number of rotatable bonds is 6. The topological polar surface area (TPSA) is 81.7 Å². The fraction of sp³-hybridized carbons (Fsp3) is 0.533. The highest BCUT2D eigenvalue weighted by Gasteiger charge is 2.32. The quantitative estimate of drug-likeness (QED) is 0.836. The number of nitrogens with one attached hydrogen (secondary N) is 1. The number of benzene rings is 1. The molecule has 1 aliphatic rings. The van der Waals surface area contributed by atoms with Crippen LogP contribution in [0.2, 0.25) is 0 Å². The van der Waals surface area contributed by atoms with Crippen molar-refractivity contribution < 1.29 is 22.7 Å². The molecule has 22 heavy (non-hydrogen) atoms. The van der Waals surface area contributed by atoms with Gasteiger partial charge in [0.25, 0.3) is 0 Å². The van der Waals surface area contributed by atoms with Gasteiger partial charge in [0.15, 0.2) is 21.3 Å². The third-order valence-corrected chi connectivity index (χ3v) is 5.53. The number of carbonyl (C=O) groups is 1. The molecule has 0 saturated carbocycles. The summed E-state index contributed by atoms with van der Waals surface area (Å²) >= 11 is 0. The largest absolute Gasteiger partial charge is 0.493 e. The van der Waals surface area contributed by atoms with Crippen molar-refractivity contribution in [2.75, 3.05) is 32.3 Å². The van der Waals surface area contributed by atoms with Gasteiger partial charge in [0.1, 0.15) is 0 Å². The maximum Gasteiger partial charge on any atom is 0.224 e. The van der Waals surface area contributed by atoms with E-state index in [4.69, 9.17) is 9.47 Å². The summed E-state index contributed by atoms with van der Waals surface area (Å²) in [6.07, 6.45) is 1.07. The monoisotopic (exact) mass is 327 g/mol. The second-order valence-corrected chi connectivity index (χ2v) is 7.56. The summed E-state index contributed by atoms with van der Waals surface area (Å²) < 4.78 is 33.1. The van der Waals surface area contributed by atoms with Crippen LogP contribution in [0.3, 0.4) is 0 Å². The van der Waals surface area contributed by atoms with E-state index in [0.29, 0.717) is 30.9 Å². The van der Waals surface area contributed by atoms with Crippen LogP contribution >= 0.6 is 0 Å². The first-order chi connectivity index (χ1) is 10.4. The van der Waals surface area contributed by atoms with Gasteiger partial charge < -0.3 is 14.8 Å². The number of hydrogen-bond donors (Lipinski definition) is 1. The standard InChI is InChI=1S/C15H21NO5S/c1-20-13-4-3-11(9-14(13)21-2)5-7-16-15(17)12-6-8-22(18,19)10-12/h3-4,9,12H,5-8,10H2,1-2H3,(H,16,17). The average Bonchev–Trinajstić information content (AvgIpc) is 2.87. The lowest BCUT2D eigenvalue weighted by molar-refractivity contribution is -0.124. The molecular formula is C15H21NO5S. The summed E-state index contributed by atoms with van der Waals surface area (Å²) in [7, 11) is 0.124. The molecule has 0 bridgehead atoms. The number of sulfone groups is 1. The van der Waals surface area contributed by atoms with Crippen molar-refractivity contribution >= 4 is 15.7 Å². The molecule has 0 aliphatic carbocycles.